The maximum atomic E-state index is 12.6. The van der Waals surface area contributed by atoms with Crippen LogP contribution >= 0.6 is 0 Å². The van der Waals surface area contributed by atoms with Crippen LogP contribution in [0.2, 0.25) is 0 Å². The number of nitrogen functional groups attached to an aromatic ring is 1. The van der Waals surface area contributed by atoms with E-state index in [4.69, 9.17) is 5.73 Å². The van der Waals surface area contributed by atoms with E-state index in [-0.39, 0.29) is 5.69 Å². The minimum absolute atomic E-state index is 0.197. The fraction of sp³-hybridized carbons (Fsp3) is 0.438. The quantitative estimate of drug-likeness (QED) is 0.855. The molecule has 1 aliphatic rings. The average Bonchev–Trinajstić information content (AvgIpc) is 2.38. The number of nitrogens with two attached hydrogens (primary N) is 1. The number of hydrogen-bond donors (Lipinski definition) is 1. The number of nitrogens with zero attached hydrogens (tertiary/aromatic N) is 1. The van der Waals surface area contributed by atoms with Crippen LogP contribution in [0.5, 0.6) is 0 Å². The van der Waals surface area contributed by atoms with E-state index in [2.05, 4.69) is 24.8 Å². The lowest BCUT2D eigenvalue weighted by atomic mass is 9.96. The van der Waals surface area contributed by atoms with Gasteiger partial charge in [0, 0.05) is 30.9 Å². The molecule has 0 aromatic heterocycles. The maximum Gasteiger partial charge on any atom is 0.416 e. The van der Waals surface area contributed by atoms with Crippen LogP contribution in [0.3, 0.4) is 0 Å². The lowest BCUT2D eigenvalue weighted by Crippen LogP contribution is -2.31. The van der Waals surface area contributed by atoms with Gasteiger partial charge in [-0.25, -0.2) is 0 Å². The van der Waals surface area contributed by atoms with Crippen molar-refractivity contribution in [3.63, 3.8) is 0 Å². The van der Waals surface area contributed by atoms with E-state index in [0.717, 1.165) is 49.3 Å². The second-order valence-corrected chi connectivity index (χ2v) is 5.72. The van der Waals surface area contributed by atoms with Crippen molar-refractivity contribution in [3.8, 4) is 0 Å². The Hall–Kier alpha value is -1.49. The lowest BCUT2D eigenvalue weighted by Gasteiger charge is -2.28. The van der Waals surface area contributed by atoms with Gasteiger partial charge in [0.2, 0.25) is 0 Å². The van der Waals surface area contributed by atoms with Crippen molar-refractivity contribution in [2.45, 2.75) is 26.4 Å². The molecule has 1 aromatic rings. The van der Waals surface area contributed by atoms with Crippen molar-refractivity contribution in [1.82, 2.24) is 4.90 Å². The highest BCUT2D eigenvalue weighted by atomic mass is 19.4. The zero-order chi connectivity index (χ0) is 15.6. The molecule has 0 aliphatic carbocycles. The van der Waals surface area contributed by atoms with Crippen LogP contribution in [-0.4, -0.2) is 24.5 Å². The number of rotatable bonds is 3. The molecule has 0 amide bonds. The van der Waals surface area contributed by atoms with Crippen molar-refractivity contribution in [3.05, 3.63) is 41.3 Å². The Morgan fingerprint density at radius 3 is 2.48 bits per heavy atom. The topological polar surface area (TPSA) is 29.3 Å². The van der Waals surface area contributed by atoms with Crippen molar-refractivity contribution in [2.24, 2.45) is 0 Å². The van der Waals surface area contributed by atoms with Gasteiger partial charge in [0.15, 0.2) is 0 Å². The predicted octanol–water partition coefficient (Wildman–Crippen LogP) is 3.99. The molecule has 1 heterocycles. The molecular weight excluding hydrogens is 277 g/mol. The summed E-state index contributed by atoms with van der Waals surface area (Å²) in [5.74, 6) is 1.35. The Morgan fingerprint density at radius 1 is 1.29 bits per heavy atom. The molecule has 21 heavy (non-hydrogen) atoms. The summed E-state index contributed by atoms with van der Waals surface area (Å²) in [7, 11) is 0. The molecule has 5 heteroatoms. The highest BCUT2D eigenvalue weighted by Gasteiger charge is 2.31. The van der Waals surface area contributed by atoms with Gasteiger partial charge in [-0.1, -0.05) is 26.0 Å². The average molecular weight is 297 g/mol. The van der Waals surface area contributed by atoms with Gasteiger partial charge < -0.3 is 5.73 Å². The van der Waals surface area contributed by atoms with E-state index in [1.54, 1.807) is 0 Å². The molecular formula is C16H20F3N2. The second kappa shape index (κ2) is 6.10. The highest BCUT2D eigenvalue weighted by Crippen LogP contribution is 2.34. The zero-order valence-electron chi connectivity index (χ0n) is 12.3. The van der Waals surface area contributed by atoms with E-state index < -0.39 is 11.7 Å². The minimum Gasteiger partial charge on any atom is -0.398 e. The molecule has 2 N–H and O–H groups in total. The van der Waals surface area contributed by atoms with Crippen molar-refractivity contribution >= 4 is 11.3 Å². The first kappa shape index (κ1) is 15.9. The normalized spacial score (nSPS) is 17.1. The maximum absolute atomic E-state index is 12.6. The van der Waals surface area contributed by atoms with Crippen molar-refractivity contribution in [1.29, 1.82) is 0 Å². The Kier molecular flexibility index (Phi) is 4.61. The summed E-state index contributed by atoms with van der Waals surface area (Å²) in [6.45, 7) is 6.84. The van der Waals surface area contributed by atoms with E-state index >= 15 is 0 Å². The van der Waals surface area contributed by atoms with E-state index in [9.17, 15) is 13.2 Å². The number of hydrogen-bond acceptors (Lipinski definition) is 2. The standard InChI is InChI=1S/C16H20F3N2/c1-11(2)10-21-7-5-12(6-8-21)14-4-3-13(9-15(14)20)16(17,18)19/h3-5,9H,6-8,10,20H2,1-2H3. The van der Waals surface area contributed by atoms with Gasteiger partial charge in [-0.15, -0.1) is 0 Å². The smallest absolute Gasteiger partial charge is 0.398 e. The number of benzene rings is 1. The van der Waals surface area contributed by atoms with Gasteiger partial charge in [-0.2, -0.15) is 13.2 Å². The number of alkyl halides is 3. The first-order valence-electron chi connectivity index (χ1n) is 6.95. The fourth-order valence-corrected chi connectivity index (χ4v) is 2.58. The van der Waals surface area contributed by atoms with Gasteiger partial charge in [0.1, 0.15) is 0 Å². The summed E-state index contributed by atoms with van der Waals surface area (Å²) in [5, 5.41) is 0. The monoisotopic (exact) mass is 297 g/mol. The Bertz CT molecular complexity index is 533. The molecule has 0 bridgehead atoms. The Labute approximate surface area is 123 Å². The summed E-state index contributed by atoms with van der Waals surface area (Å²) in [6.07, 6.45) is -1.48. The first-order valence-corrected chi connectivity index (χ1v) is 6.95. The third kappa shape index (κ3) is 4.00. The predicted molar refractivity (Wildman–Crippen MR) is 79.5 cm³/mol. The summed E-state index contributed by atoms with van der Waals surface area (Å²) >= 11 is 0. The van der Waals surface area contributed by atoms with E-state index in [0.29, 0.717) is 0 Å². The molecule has 2 nitrogen and oxygen atoms in total. The van der Waals surface area contributed by atoms with Gasteiger partial charge in [-0.05, 0) is 30.0 Å². The van der Waals surface area contributed by atoms with Crippen molar-refractivity contribution in [2.75, 3.05) is 25.4 Å². The van der Waals surface area contributed by atoms with Crippen LogP contribution in [0, 0.1) is 5.92 Å². The highest BCUT2D eigenvalue weighted by molar-refractivity contribution is 5.76. The largest absolute Gasteiger partial charge is 0.416 e. The summed E-state index contributed by atoms with van der Waals surface area (Å²) < 4.78 is 37.9. The third-order valence-electron chi connectivity index (χ3n) is 3.56. The fourth-order valence-electron chi connectivity index (χ4n) is 2.58. The van der Waals surface area contributed by atoms with Crippen LogP contribution in [0.15, 0.2) is 24.3 Å². The van der Waals surface area contributed by atoms with Gasteiger partial charge in [0.05, 0.1) is 5.56 Å². The molecule has 0 spiro atoms. The number of halogens is 3. The minimum atomic E-state index is -4.35. The molecule has 1 radical (unpaired) electrons. The molecule has 0 saturated heterocycles. The Morgan fingerprint density at radius 2 is 2.00 bits per heavy atom. The molecule has 1 aromatic carbocycles. The number of anilines is 1. The molecule has 0 fully saturated rings. The summed E-state index contributed by atoms with van der Waals surface area (Å²) in [4.78, 5) is 2.30. The third-order valence-corrected chi connectivity index (χ3v) is 3.56. The van der Waals surface area contributed by atoms with Gasteiger partial charge in [0.25, 0.3) is 0 Å². The SMILES string of the molecule is C[C](C)CN1CC=C(c2ccc(C(F)(F)F)cc2N)CC1. The van der Waals surface area contributed by atoms with Crippen LogP contribution in [-0.2, 0) is 6.18 Å². The van der Waals surface area contributed by atoms with Crippen LogP contribution in [0.1, 0.15) is 31.4 Å². The van der Waals surface area contributed by atoms with Gasteiger partial charge in [-0.3, -0.25) is 4.90 Å². The molecule has 1 aliphatic heterocycles. The first-order chi connectivity index (χ1) is 9.77. The molecule has 115 valence electrons. The van der Waals surface area contributed by atoms with E-state index in [1.165, 1.54) is 12.0 Å². The Balaban J connectivity index is 2.15. The van der Waals surface area contributed by atoms with E-state index in [1.807, 2.05) is 0 Å². The lowest BCUT2D eigenvalue weighted by molar-refractivity contribution is -0.137. The van der Waals surface area contributed by atoms with Crippen LogP contribution in [0.4, 0.5) is 18.9 Å². The second-order valence-electron chi connectivity index (χ2n) is 5.72. The van der Waals surface area contributed by atoms with Crippen LogP contribution in [0.25, 0.3) is 5.57 Å². The van der Waals surface area contributed by atoms with Crippen molar-refractivity contribution < 1.29 is 13.2 Å². The van der Waals surface area contributed by atoms with Gasteiger partial charge >= 0.3 is 6.18 Å². The van der Waals surface area contributed by atoms with Crippen LogP contribution < -0.4 is 5.73 Å². The molecule has 0 unspecified atom stereocenters. The summed E-state index contributed by atoms with van der Waals surface area (Å²) in [6, 6.07) is 3.60. The molecule has 0 saturated carbocycles. The summed E-state index contributed by atoms with van der Waals surface area (Å²) in [5.41, 5.74) is 7.06. The molecule has 2 rings (SSSR count). The zero-order valence-corrected chi connectivity index (χ0v) is 12.3. The molecule has 0 atom stereocenters.